The molecule has 0 saturated heterocycles. The van der Waals surface area contributed by atoms with Gasteiger partial charge in [0, 0.05) is 18.3 Å². The molecule has 178 valence electrons. The van der Waals surface area contributed by atoms with Gasteiger partial charge < -0.3 is 4.90 Å². The largest absolute Gasteiger partial charge is 0.348 e. The highest BCUT2D eigenvalue weighted by molar-refractivity contribution is 6.31. The lowest BCUT2D eigenvalue weighted by molar-refractivity contribution is 0.0334. The van der Waals surface area contributed by atoms with Crippen LogP contribution in [0.2, 0.25) is 5.02 Å². The number of anilines is 1. The fraction of sp³-hybridized carbons (Fsp3) is 0.615. The Morgan fingerprint density at radius 3 is 2.41 bits per heavy atom. The lowest BCUT2D eigenvalue weighted by Crippen LogP contribution is -2.40. The summed E-state index contributed by atoms with van der Waals surface area (Å²) in [6, 6.07) is 2.63. The van der Waals surface area contributed by atoms with Crippen LogP contribution in [0.1, 0.15) is 64.0 Å². The minimum absolute atomic E-state index is 0.212. The average molecular weight is 481 g/mol. The second-order valence-electron chi connectivity index (χ2n) is 11.0. The number of H-pyrrole nitrogens is 1. The quantitative estimate of drug-likeness (QED) is 0.471. The molecule has 34 heavy (non-hydrogen) atoms. The van der Waals surface area contributed by atoms with Crippen LogP contribution in [0, 0.1) is 29.5 Å². The van der Waals surface area contributed by atoms with E-state index in [0.717, 1.165) is 37.0 Å². The fourth-order valence-corrected chi connectivity index (χ4v) is 6.90. The molecule has 2 bridgehead atoms. The van der Waals surface area contributed by atoms with E-state index in [4.69, 9.17) is 21.6 Å². The number of hydrogen-bond donors (Lipinski definition) is 1. The second-order valence-corrected chi connectivity index (χ2v) is 11.5. The predicted molar refractivity (Wildman–Crippen MR) is 130 cm³/mol. The lowest BCUT2D eigenvalue weighted by Gasteiger charge is -2.47. The SMILES string of the molecule is CC1C2CCC(CC2)C1Cc1nc(-c2[nH]nc3ncc(Cl)cc23)nc(N(C2CC2)C2CC2)c1F. The summed E-state index contributed by atoms with van der Waals surface area (Å²) in [4.78, 5) is 16.3. The molecule has 5 fully saturated rings. The number of aromatic nitrogens is 5. The molecule has 8 heteroatoms. The van der Waals surface area contributed by atoms with Crippen LogP contribution in [0.5, 0.6) is 0 Å². The highest BCUT2D eigenvalue weighted by Crippen LogP contribution is 2.50. The molecule has 1 N–H and O–H groups in total. The molecular weight excluding hydrogens is 451 g/mol. The standard InChI is InChI=1S/C26H30ClFN6/c1-13-14-2-4-15(5-3-14)19(13)11-21-22(28)26(34(17-6-7-17)18-8-9-18)31-25(30-21)23-20-10-16(27)12-29-24(20)33-32-23/h10,12-15,17-19H,2-9,11H2,1H3,(H,29,32,33). The molecule has 8 rings (SSSR count). The molecule has 2 unspecified atom stereocenters. The Morgan fingerprint density at radius 2 is 1.74 bits per heavy atom. The van der Waals surface area contributed by atoms with Crippen molar-refractivity contribution >= 4 is 28.5 Å². The van der Waals surface area contributed by atoms with Gasteiger partial charge >= 0.3 is 0 Å². The van der Waals surface area contributed by atoms with Crippen molar-refractivity contribution in [2.45, 2.75) is 76.8 Å². The summed E-state index contributed by atoms with van der Waals surface area (Å²) >= 11 is 6.24. The van der Waals surface area contributed by atoms with Crippen molar-refractivity contribution in [3.63, 3.8) is 0 Å². The summed E-state index contributed by atoms with van der Waals surface area (Å²) in [7, 11) is 0. The zero-order valence-corrected chi connectivity index (χ0v) is 20.2. The number of nitrogens with zero attached hydrogens (tertiary/aromatic N) is 5. The van der Waals surface area contributed by atoms with Gasteiger partial charge in [-0.2, -0.15) is 5.10 Å². The summed E-state index contributed by atoms with van der Waals surface area (Å²) in [6.45, 7) is 2.37. The summed E-state index contributed by atoms with van der Waals surface area (Å²) < 4.78 is 16.2. The molecule has 0 spiro atoms. The molecule has 2 atom stereocenters. The third-order valence-electron chi connectivity index (χ3n) is 8.90. The summed E-state index contributed by atoms with van der Waals surface area (Å²) in [6.07, 6.45) is 11.9. The Balaban J connectivity index is 1.35. The number of fused-ring (bicyclic) bond motifs is 4. The molecule has 0 radical (unpaired) electrons. The molecule has 3 heterocycles. The van der Waals surface area contributed by atoms with Crippen molar-refractivity contribution < 1.29 is 4.39 Å². The van der Waals surface area contributed by atoms with Crippen LogP contribution in [-0.4, -0.2) is 37.2 Å². The third-order valence-corrected chi connectivity index (χ3v) is 9.10. The highest BCUT2D eigenvalue weighted by Gasteiger charge is 2.44. The molecule has 5 aliphatic rings. The predicted octanol–water partition coefficient (Wildman–Crippen LogP) is 5.95. The Labute approximate surface area is 203 Å². The highest BCUT2D eigenvalue weighted by atomic mass is 35.5. The lowest BCUT2D eigenvalue weighted by atomic mass is 9.58. The van der Waals surface area contributed by atoms with Crippen LogP contribution >= 0.6 is 11.6 Å². The molecular formula is C26H30ClFN6. The van der Waals surface area contributed by atoms with Gasteiger partial charge in [0.25, 0.3) is 0 Å². The van der Waals surface area contributed by atoms with Crippen LogP contribution in [-0.2, 0) is 6.42 Å². The van der Waals surface area contributed by atoms with E-state index in [9.17, 15) is 0 Å². The van der Waals surface area contributed by atoms with Gasteiger partial charge in [-0.1, -0.05) is 18.5 Å². The Morgan fingerprint density at radius 1 is 1.03 bits per heavy atom. The van der Waals surface area contributed by atoms with Crippen molar-refractivity contribution in [2.24, 2.45) is 23.7 Å². The first kappa shape index (κ1) is 21.0. The molecule has 5 aliphatic carbocycles. The smallest absolute Gasteiger partial charge is 0.187 e. The number of rotatable bonds is 6. The molecule has 3 aromatic heterocycles. The number of aromatic amines is 1. The first-order chi connectivity index (χ1) is 16.6. The maximum absolute atomic E-state index is 16.2. The van der Waals surface area contributed by atoms with Crippen molar-refractivity contribution in [2.75, 3.05) is 4.90 Å². The Hall–Kier alpha value is -2.28. The van der Waals surface area contributed by atoms with E-state index < -0.39 is 0 Å². The van der Waals surface area contributed by atoms with Gasteiger partial charge in [-0.3, -0.25) is 5.10 Å². The zero-order valence-electron chi connectivity index (χ0n) is 19.5. The molecule has 3 aromatic rings. The van der Waals surface area contributed by atoms with Gasteiger partial charge in [-0.25, -0.2) is 19.3 Å². The topological polar surface area (TPSA) is 70.6 Å². The maximum atomic E-state index is 16.2. The van der Waals surface area contributed by atoms with Crippen molar-refractivity contribution in [1.29, 1.82) is 0 Å². The number of halogens is 2. The van der Waals surface area contributed by atoms with E-state index >= 15 is 4.39 Å². The Kier molecular flexibility index (Phi) is 4.87. The number of hydrogen-bond acceptors (Lipinski definition) is 5. The van der Waals surface area contributed by atoms with Gasteiger partial charge in [0.1, 0.15) is 5.69 Å². The first-order valence-corrected chi connectivity index (χ1v) is 13.3. The number of pyridine rings is 1. The van der Waals surface area contributed by atoms with Crippen molar-refractivity contribution in [1.82, 2.24) is 25.1 Å². The fourth-order valence-electron chi connectivity index (χ4n) is 6.75. The van der Waals surface area contributed by atoms with Gasteiger partial charge in [0.2, 0.25) is 0 Å². The molecule has 0 amide bonds. The zero-order chi connectivity index (χ0) is 23.0. The van der Waals surface area contributed by atoms with Crippen LogP contribution in [0.3, 0.4) is 0 Å². The van der Waals surface area contributed by atoms with Gasteiger partial charge in [-0.05, 0) is 87.5 Å². The normalized spacial score (nSPS) is 28.6. The van der Waals surface area contributed by atoms with Crippen molar-refractivity contribution in [3.8, 4) is 11.5 Å². The van der Waals surface area contributed by atoms with Crippen LogP contribution < -0.4 is 4.90 Å². The van der Waals surface area contributed by atoms with Crippen LogP contribution in [0.25, 0.3) is 22.6 Å². The monoisotopic (exact) mass is 480 g/mol. The Bertz CT molecular complexity index is 1230. The molecule has 6 nitrogen and oxygen atoms in total. The van der Waals surface area contributed by atoms with Gasteiger partial charge in [-0.15, -0.1) is 0 Å². The summed E-state index contributed by atoms with van der Waals surface area (Å²) in [5.74, 6) is 3.33. The second kappa shape index (κ2) is 7.87. The molecule has 5 saturated carbocycles. The van der Waals surface area contributed by atoms with E-state index in [2.05, 4.69) is 27.0 Å². The molecule has 0 aromatic carbocycles. The van der Waals surface area contributed by atoms with E-state index in [1.807, 2.05) is 6.07 Å². The van der Waals surface area contributed by atoms with Crippen LogP contribution in [0.4, 0.5) is 10.2 Å². The number of nitrogens with one attached hydrogen (secondary N) is 1. The minimum atomic E-state index is -0.212. The van der Waals surface area contributed by atoms with E-state index in [1.54, 1.807) is 6.20 Å². The average Bonchev–Trinajstić information content (AvgIpc) is 3.78. The summed E-state index contributed by atoms with van der Waals surface area (Å²) in [5, 5.41) is 8.70. The summed E-state index contributed by atoms with van der Waals surface area (Å²) in [5.41, 5.74) is 1.79. The first-order valence-electron chi connectivity index (χ1n) is 12.9. The minimum Gasteiger partial charge on any atom is -0.348 e. The van der Waals surface area contributed by atoms with Gasteiger partial charge in [0.15, 0.2) is 23.1 Å². The van der Waals surface area contributed by atoms with Crippen LogP contribution in [0.15, 0.2) is 12.3 Å². The van der Waals surface area contributed by atoms with E-state index in [1.165, 1.54) is 25.7 Å². The van der Waals surface area contributed by atoms with Gasteiger partial charge in [0.05, 0.1) is 16.1 Å². The third kappa shape index (κ3) is 3.50. The molecule has 0 aliphatic heterocycles. The maximum Gasteiger partial charge on any atom is 0.187 e. The van der Waals surface area contributed by atoms with E-state index in [0.29, 0.717) is 70.0 Å². The van der Waals surface area contributed by atoms with Crippen molar-refractivity contribution in [3.05, 3.63) is 28.8 Å². The van der Waals surface area contributed by atoms with E-state index in [-0.39, 0.29) is 5.82 Å².